The van der Waals surface area contributed by atoms with Gasteiger partial charge in [0, 0.05) is 35.9 Å². The number of benzene rings is 1. The summed E-state index contributed by atoms with van der Waals surface area (Å²) in [5.74, 6) is 1.41. The molecule has 0 N–H and O–H groups in total. The highest BCUT2D eigenvalue weighted by Gasteiger charge is 2.26. The quantitative estimate of drug-likeness (QED) is 0.658. The fourth-order valence-corrected chi connectivity index (χ4v) is 5.01. The van der Waals surface area contributed by atoms with Crippen molar-refractivity contribution in [2.45, 2.75) is 40.0 Å². The Kier molecular flexibility index (Phi) is 5.04. The van der Waals surface area contributed by atoms with Crippen LogP contribution >= 0.6 is 11.3 Å². The third kappa shape index (κ3) is 3.79. The predicted octanol–water partition coefficient (Wildman–Crippen LogP) is 4.67. The Morgan fingerprint density at radius 2 is 1.89 bits per heavy atom. The molecule has 3 heterocycles. The maximum atomic E-state index is 12.8. The molecule has 3 aromatic rings. The number of thiazole rings is 1. The molecule has 1 amide bonds. The van der Waals surface area contributed by atoms with Gasteiger partial charge in [-0.15, -0.1) is 11.3 Å². The number of imidazole rings is 1. The Morgan fingerprint density at radius 1 is 1.19 bits per heavy atom. The molecule has 4 nitrogen and oxygen atoms in total. The van der Waals surface area contributed by atoms with E-state index in [1.807, 2.05) is 4.90 Å². The second-order valence-electron chi connectivity index (χ2n) is 7.98. The summed E-state index contributed by atoms with van der Waals surface area (Å²) in [6.45, 7) is 8.41. The maximum absolute atomic E-state index is 12.8. The van der Waals surface area contributed by atoms with Gasteiger partial charge in [-0.25, -0.2) is 4.98 Å². The first-order valence-electron chi connectivity index (χ1n) is 9.86. The van der Waals surface area contributed by atoms with E-state index in [1.54, 1.807) is 11.3 Å². The van der Waals surface area contributed by atoms with E-state index in [1.165, 1.54) is 12.0 Å². The van der Waals surface area contributed by atoms with Gasteiger partial charge >= 0.3 is 0 Å². The molecule has 0 aliphatic carbocycles. The minimum absolute atomic E-state index is 0.232. The molecule has 1 aliphatic heterocycles. The molecule has 4 rings (SSSR count). The first-order chi connectivity index (χ1) is 13.0. The monoisotopic (exact) mass is 381 g/mol. The highest BCUT2D eigenvalue weighted by molar-refractivity contribution is 7.15. The van der Waals surface area contributed by atoms with Crippen molar-refractivity contribution in [2.24, 2.45) is 11.8 Å². The van der Waals surface area contributed by atoms with Gasteiger partial charge < -0.3 is 4.90 Å². The molecule has 2 aromatic heterocycles. The lowest BCUT2D eigenvalue weighted by Gasteiger charge is -2.35. The molecule has 1 fully saturated rings. The summed E-state index contributed by atoms with van der Waals surface area (Å²) in [5.41, 5.74) is 4.46. The van der Waals surface area contributed by atoms with E-state index in [0.29, 0.717) is 18.3 Å². The molecular formula is C22H27N3OS. The smallest absolute Gasteiger partial charge is 0.228 e. The molecule has 1 saturated heterocycles. The minimum atomic E-state index is 0.232. The van der Waals surface area contributed by atoms with Gasteiger partial charge in [-0.05, 0) is 30.2 Å². The summed E-state index contributed by atoms with van der Waals surface area (Å²) in [6.07, 6.45) is 4.77. The number of carbonyl (C=O) groups is 1. The number of fused-ring (bicyclic) bond motifs is 1. The van der Waals surface area contributed by atoms with E-state index in [9.17, 15) is 4.79 Å². The van der Waals surface area contributed by atoms with E-state index in [0.717, 1.165) is 41.4 Å². The summed E-state index contributed by atoms with van der Waals surface area (Å²) in [4.78, 5) is 20.6. The fraction of sp³-hybridized carbons (Fsp3) is 0.455. The SMILES string of the molecule is CCc1ccc(-c2cn3c(CC(=O)N4CC(C)CC(C)C4)csc3n2)cc1. The molecule has 0 saturated carbocycles. The number of nitrogens with zero attached hydrogens (tertiary/aromatic N) is 3. The van der Waals surface area contributed by atoms with Crippen LogP contribution < -0.4 is 0 Å². The second kappa shape index (κ2) is 7.47. The van der Waals surface area contributed by atoms with Crippen molar-refractivity contribution >= 4 is 22.2 Å². The molecule has 0 spiro atoms. The van der Waals surface area contributed by atoms with Crippen molar-refractivity contribution in [3.63, 3.8) is 0 Å². The Bertz CT molecular complexity index is 930. The fourth-order valence-electron chi connectivity index (χ4n) is 4.14. The van der Waals surface area contributed by atoms with Crippen LogP contribution in [0.15, 0.2) is 35.8 Å². The number of amides is 1. The first kappa shape index (κ1) is 18.2. The molecule has 0 radical (unpaired) electrons. The Balaban J connectivity index is 1.54. The van der Waals surface area contributed by atoms with E-state index in [2.05, 4.69) is 61.0 Å². The van der Waals surface area contributed by atoms with Gasteiger partial charge in [-0.2, -0.15) is 0 Å². The number of aromatic nitrogens is 2. The Hall–Kier alpha value is -2.14. The standard InChI is InChI=1S/C22H27N3OS/c1-4-17-5-7-18(8-6-17)20-13-25-19(14-27-22(25)23-20)10-21(26)24-11-15(2)9-16(3)12-24/h5-8,13-16H,4,9-12H2,1-3H3. The van der Waals surface area contributed by atoms with E-state index < -0.39 is 0 Å². The molecule has 5 heteroatoms. The van der Waals surface area contributed by atoms with Crippen LogP contribution in [0.1, 0.15) is 38.4 Å². The summed E-state index contributed by atoms with van der Waals surface area (Å²) in [7, 11) is 0. The summed E-state index contributed by atoms with van der Waals surface area (Å²) < 4.78 is 2.09. The van der Waals surface area contributed by atoms with Crippen molar-refractivity contribution in [3.05, 3.63) is 47.1 Å². The van der Waals surface area contributed by atoms with Crippen molar-refractivity contribution in [1.29, 1.82) is 0 Å². The second-order valence-corrected chi connectivity index (χ2v) is 8.81. The molecule has 2 unspecified atom stereocenters. The van der Waals surface area contributed by atoms with Crippen LogP contribution in [0.4, 0.5) is 0 Å². The average Bonchev–Trinajstić information content (AvgIpc) is 3.23. The van der Waals surface area contributed by atoms with Crippen molar-refractivity contribution < 1.29 is 4.79 Å². The van der Waals surface area contributed by atoms with Crippen molar-refractivity contribution in [3.8, 4) is 11.3 Å². The van der Waals surface area contributed by atoms with Crippen LogP contribution in [0.25, 0.3) is 16.2 Å². The van der Waals surface area contributed by atoms with Crippen LogP contribution in [0, 0.1) is 11.8 Å². The molecular weight excluding hydrogens is 354 g/mol. The first-order valence-corrected chi connectivity index (χ1v) is 10.7. The number of carbonyl (C=O) groups excluding carboxylic acids is 1. The zero-order valence-corrected chi connectivity index (χ0v) is 17.1. The maximum Gasteiger partial charge on any atom is 0.228 e. The van der Waals surface area contributed by atoms with Gasteiger partial charge in [0.2, 0.25) is 5.91 Å². The van der Waals surface area contributed by atoms with Crippen LogP contribution in [-0.2, 0) is 17.6 Å². The van der Waals surface area contributed by atoms with Crippen LogP contribution in [0.2, 0.25) is 0 Å². The zero-order valence-electron chi connectivity index (χ0n) is 16.3. The number of hydrogen-bond donors (Lipinski definition) is 0. The number of rotatable bonds is 4. The predicted molar refractivity (Wildman–Crippen MR) is 111 cm³/mol. The minimum Gasteiger partial charge on any atom is -0.342 e. The lowest BCUT2D eigenvalue weighted by atomic mass is 9.91. The third-order valence-electron chi connectivity index (χ3n) is 5.50. The number of aryl methyl sites for hydroxylation is 1. The van der Waals surface area contributed by atoms with Crippen molar-refractivity contribution in [2.75, 3.05) is 13.1 Å². The molecule has 2 atom stereocenters. The third-order valence-corrected chi connectivity index (χ3v) is 6.38. The number of likely N-dealkylation sites (tertiary alicyclic amines) is 1. The molecule has 1 aromatic carbocycles. The molecule has 1 aliphatic rings. The summed E-state index contributed by atoms with van der Waals surface area (Å²) in [5, 5.41) is 2.07. The van der Waals surface area contributed by atoms with Gasteiger partial charge in [0.25, 0.3) is 0 Å². The van der Waals surface area contributed by atoms with E-state index >= 15 is 0 Å². The van der Waals surface area contributed by atoms with E-state index in [4.69, 9.17) is 4.98 Å². The topological polar surface area (TPSA) is 37.6 Å². The van der Waals surface area contributed by atoms with Gasteiger partial charge in [-0.3, -0.25) is 9.20 Å². The lowest BCUT2D eigenvalue weighted by Crippen LogP contribution is -2.43. The highest BCUT2D eigenvalue weighted by atomic mass is 32.1. The average molecular weight is 382 g/mol. The highest BCUT2D eigenvalue weighted by Crippen LogP contribution is 2.26. The van der Waals surface area contributed by atoms with Crippen LogP contribution in [0.5, 0.6) is 0 Å². The Labute approximate surface area is 164 Å². The molecule has 27 heavy (non-hydrogen) atoms. The van der Waals surface area contributed by atoms with Crippen LogP contribution in [0.3, 0.4) is 0 Å². The summed E-state index contributed by atoms with van der Waals surface area (Å²) >= 11 is 1.61. The van der Waals surface area contributed by atoms with Crippen molar-refractivity contribution in [1.82, 2.24) is 14.3 Å². The number of hydrogen-bond acceptors (Lipinski definition) is 3. The molecule has 0 bridgehead atoms. The lowest BCUT2D eigenvalue weighted by molar-refractivity contribution is -0.133. The normalized spacial score (nSPS) is 20.3. The van der Waals surface area contributed by atoms with Gasteiger partial charge in [0.05, 0.1) is 12.1 Å². The van der Waals surface area contributed by atoms with Gasteiger partial charge in [0.15, 0.2) is 4.96 Å². The Morgan fingerprint density at radius 3 is 2.56 bits per heavy atom. The van der Waals surface area contributed by atoms with Gasteiger partial charge in [-0.1, -0.05) is 45.0 Å². The van der Waals surface area contributed by atoms with Gasteiger partial charge in [0.1, 0.15) is 0 Å². The summed E-state index contributed by atoms with van der Waals surface area (Å²) in [6, 6.07) is 8.58. The largest absolute Gasteiger partial charge is 0.342 e. The zero-order chi connectivity index (χ0) is 19.0. The van der Waals surface area contributed by atoms with E-state index in [-0.39, 0.29) is 5.91 Å². The number of piperidine rings is 1. The molecule has 142 valence electrons. The van der Waals surface area contributed by atoms with Crippen LogP contribution in [-0.4, -0.2) is 33.3 Å².